The van der Waals surface area contributed by atoms with Crippen molar-refractivity contribution in [3.8, 4) is 10.6 Å². The molecule has 86 valence electrons. The van der Waals surface area contributed by atoms with E-state index in [0.717, 1.165) is 11.3 Å². The quantitative estimate of drug-likeness (QED) is 0.658. The Morgan fingerprint density at radius 3 is 2.65 bits per heavy atom. The number of rotatable bonds is 3. The molecule has 0 atom stereocenters. The van der Waals surface area contributed by atoms with Crippen LogP contribution in [0.1, 0.15) is 9.80 Å². The van der Waals surface area contributed by atoms with Gasteiger partial charge < -0.3 is 5.11 Å². The van der Waals surface area contributed by atoms with Crippen molar-refractivity contribution >= 4 is 23.0 Å². The first-order chi connectivity index (χ1) is 8.09. The Bertz CT molecular complexity index is 595. The maximum atomic E-state index is 10.8. The Balaban J connectivity index is 2.52. The lowest BCUT2D eigenvalue weighted by Gasteiger charge is -1.96. The number of nitro groups is 1. The minimum absolute atomic E-state index is 0.124. The summed E-state index contributed by atoms with van der Waals surface area (Å²) >= 11 is 0.799. The number of carboxylic acid groups (broad SMARTS) is 1. The van der Waals surface area contributed by atoms with Crippen LogP contribution < -0.4 is 0 Å². The van der Waals surface area contributed by atoms with Crippen molar-refractivity contribution in [3.05, 3.63) is 39.4 Å². The molecule has 0 aliphatic rings. The molecule has 1 heterocycles. The van der Waals surface area contributed by atoms with E-state index in [-0.39, 0.29) is 21.3 Å². The summed E-state index contributed by atoms with van der Waals surface area (Å²) in [5.41, 5.74) is 0.142. The smallest absolute Gasteiger partial charge is 0.367 e. The second kappa shape index (κ2) is 4.26. The average molecular weight is 251 g/mol. The molecule has 0 radical (unpaired) electrons. The predicted octanol–water partition coefficient (Wildman–Crippen LogP) is 1.81. The molecule has 1 aromatic heterocycles. The summed E-state index contributed by atoms with van der Waals surface area (Å²) in [7, 11) is 0. The zero-order valence-corrected chi connectivity index (χ0v) is 9.05. The number of para-hydroxylation sites is 1. The summed E-state index contributed by atoms with van der Waals surface area (Å²) in [6, 6.07) is 5.98. The molecule has 0 fully saturated rings. The van der Waals surface area contributed by atoms with E-state index in [0.29, 0.717) is 0 Å². The number of carbonyl (C=O) groups is 1. The van der Waals surface area contributed by atoms with Crippen LogP contribution in [-0.2, 0) is 0 Å². The third-order valence-corrected chi connectivity index (χ3v) is 2.88. The fourth-order valence-electron chi connectivity index (χ4n) is 1.23. The van der Waals surface area contributed by atoms with Crippen LogP contribution in [0.25, 0.3) is 10.6 Å². The summed E-state index contributed by atoms with van der Waals surface area (Å²) in [6.45, 7) is 0. The van der Waals surface area contributed by atoms with E-state index >= 15 is 0 Å². The Morgan fingerprint density at radius 2 is 2.06 bits per heavy atom. The lowest BCUT2D eigenvalue weighted by atomic mass is 10.2. The Morgan fingerprint density at radius 1 is 1.35 bits per heavy atom. The second-order valence-electron chi connectivity index (χ2n) is 2.99. The molecule has 0 aliphatic carbocycles. The van der Waals surface area contributed by atoms with Gasteiger partial charge >= 0.3 is 5.97 Å². The van der Waals surface area contributed by atoms with Crippen molar-refractivity contribution in [1.82, 2.24) is 10.2 Å². The molecule has 17 heavy (non-hydrogen) atoms. The first-order valence-corrected chi connectivity index (χ1v) is 5.22. The van der Waals surface area contributed by atoms with E-state index < -0.39 is 10.9 Å². The van der Waals surface area contributed by atoms with Gasteiger partial charge in [0.05, 0.1) is 10.5 Å². The van der Waals surface area contributed by atoms with Gasteiger partial charge in [0.25, 0.3) is 5.69 Å². The summed E-state index contributed by atoms with van der Waals surface area (Å²) in [4.78, 5) is 20.9. The molecule has 0 amide bonds. The van der Waals surface area contributed by atoms with E-state index in [9.17, 15) is 14.9 Å². The number of carboxylic acids is 1. The van der Waals surface area contributed by atoms with Gasteiger partial charge in [-0.1, -0.05) is 23.5 Å². The van der Waals surface area contributed by atoms with Crippen molar-refractivity contribution < 1.29 is 14.8 Å². The maximum absolute atomic E-state index is 10.8. The van der Waals surface area contributed by atoms with Gasteiger partial charge in [-0.25, -0.2) is 4.79 Å². The topological polar surface area (TPSA) is 106 Å². The van der Waals surface area contributed by atoms with Crippen LogP contribution in [-0.4, -0.2) is 26.2 Å². The Labute approximate surface area is 98.5 Å². The molecule has 0 saturated carbocycles. The molecule has 0 bridgehead atoms. The minimum Gasteiger partial charge on any atom is -0.476 e. The minimum atomic E-state index is -1.20. The van der Waals surface area contributed by atoms with E-state index in [1.807, 2.05) is 0 Å². The molecule has 1 aromatic carbocycles. The zero-order chi connectivity index (χ0) is 12.4. The van der Waals surface area contributed by atoms with Crippen LogP contribution in [0.3, 0.4) is 0 Å². The fraction of sp³-hybridized carbons (Fsp3) is 0. The van der Waals surface area contributed by atoms with Gasteiger partial charge in [-0.3, -0.25) is 10.1 Å². The van der Waals surface area contributed by atoms with Crippen LogP contribution in [0.2, 0.25) is 0 Å². The van der Waals surface area contributed by atoms with Gasteiger partial charge in [-0.2, -0.15) is 0 Å². The van der Waals surface area contributed by atoms with Crippen LogP contribution in [0.4, 0.5) is 5.69 Å². The second-order valence-corrected chi connectivity index (χ2v) is 3.97. The highest BCUT2D eigenvalue weighted by Gasteiger charge is 2.19. The maximum Gasteiger partial charge on any atom is 0.367 e. The molecular weight excluding hydrogens is 246 g/mol. The number of hydrogen-bond donors (Lipinski definition) is 1. The number of aromatic nitrogens is 2. The van der Waals surface area contributed by atoms with Crippen molar-refractivity contribution in [2.75, 3.05) is 0 Å². The number of hydrogen-bond acceptors (Lipinski definition) is 6. The standard InChI is InChI=1S/C9H5N3O4S/c13-9(14)8-11-10-7(17-8)5-3-1-2-4-6(5)12(15)16/h1-4H,(H,13,14). The molecule has 0 spiro atoms. The molecule has 0 saturated heterocycles. The van der Waals surface area contributed by atoms with Gasteiger partial charge in [-0.05, 0) is 6.07 Å². The molecule has 0 aliphatic heterocycles. The zero-order valence-electron chi connectivity index (χ0n) is 8.23. The largest absolute Gasteiger partial charge is 0.476 e. The SMILES string of the molecule is O=C(O)c1nnc(-c2ccccc2[N+](=O)[O-])s1. The number of nitro benzene ring substituents is 1. The molecule has 0 unspecified atom stereocenters. The highest BCUT2D eigenvalue weighted by molar-refractivity contribution is 7.16. The van der Waals surface area contributed by atoms with E-state index in [1.165, 1.54) is 18.2 Å². The van der Waals surface area contributed by atoms with Crippen LogP contribution in [0.5, 0.6) is 0 Å². The highest BCUT2D eigenvalue weighted by atomic mass is 32.1. The van der Waals surface area contributed by atoms with Crippen molar-refractivity contribution in [1.29, 1.82) is 0 Å². The van der Waals surface area contributed by atoms with E-state index in [4.69, 9.17) is 5.11 Å². The monoisotopic (exact) mass is 251 g/mol. The third kappa shape index (κ3) is 2.11. The van der Waals surface area contributed by atoms with Crippen LogP contribution in [0, 0.1) is 10.1 Å². The number of nitrogens with zero attached hydrogens (tertiary/aromatic N) is 3. The van der Waals surface area contributed by atoms with Crippen molar-refractivity contribution in [3.63, 3.8) is 0 Å². The summed E-state index contributed by atoms with van der Waals surface area (Å²) in [6.07, 6.45) is 0. The van der Waals surface area contributed by atoms with Gasteiger partial charge in [-0.15, -0.1) is 10.2 Å². The normalized spacial score (nSPS) is 10.1. The molecule has 2 rings (SSSR count). The first kappa shape index (κ1) is 11.1. The fourth-order valence-corrected chi connectivity index (χ4v) is 1.95. The van der Waals surface area contributed by atoms with Gasteiger partial charge in [0, 0.05) is 6.07 Å². The van der Waals surface area contributed by atoms with E-state index in [2.05, 4.69) is 10.2 Å². The lowest BCUT2D eigenvalue weighted by molar-refractivity contribution is -0.384. The summed E-state index contributed by atoms with van der Waals surface area (Å²) < 4.78 is 0. The number of benzene rings is 1. The first-order valence-electron chi connectivity index (χ1n) is 4.40. The van der Waals surface area contributed by atoms with Gasteiger partial charge in [0.1, 0.15) is 0 Å². The summed E-state index contributed by atoms with van der Waals surface area (Å²) in [5.74, 6) is -1.20. The van der Waals surface area contributed by atoms with Crippen LogP contribution >= 0.6 is 11.3 Å². The molecular formula is C9H5N3O4S. The van der Waals surface area contributed by atoms with Gasteiger partial charge in [0.2, 0.25) is 5.01 Å². The third-order valence-electron chi connectivity index (χ3n) is 1.94. The number of aromatic carboxylic acids is 1. The lowest BCUT2D eigenvalue weighted by Crippen LogP contribution is -1.93. The van der Waals surface area contributed by atoms with Crippen molar-refractivity contribution in [2.24, 2.45) is 0 Å². The van der Waals surface area contributed by atoms with Crippen molar-refractivity contribution in [2.45, 2.75) is 0 Å². The summed E-state index contributed by atoms with van der Waals surface area (Å²) in [5, 5.41) is 26.6. The Hall–Kier alpha value is -2.35. The molecule has 8 heteroatoms. The molecule has 2 aromatic rings. The van der Waals surface area contributed by atoms with Crippen LogP contribution in [0.15, 0.2) is 24.3 Å². The predicted molar refractivity (Wildman–Crippen MR) is 59.0 cm³/mol. The van der Waals surface area contributed by atoms with E-state index in [1.54, 1.807) is 6.07 Å². The Kier molecular flexibility index (Phi) is 2.79. The average Bonchev–Trinajstić information content (AvgIpc) is 2.78. The highest BCUT2D eigenvalue weighted by Crippen LogP contribution is 2.31. The van der Waals surface area contributed by atoms with Gasteiger partial charge in [0.15, 0.2) is 5.01 Å². The molecule has 7 nitrogen and oxygen atoms in total. The molecule has 1 N–H and O–H groups in total.